The minimum Gasteiger partial charge on any atom is -0.496 e. The zero-order valence-electron chi connectivity index (χ0n) is 14.5. The van der Waals surface area contributed by atoms with Crippen LogP contribution in [0.1, 0.15) is 21.5 Å². The average Bonchev–Trinajstić information content (AvgIpc) is 3.19. The highest BCUT2D eigenvalue weighted by atomic mass is 35.5. The molecule has 2 aromatic carbocycles. The van der Waals surface area contributed by atoms with Crippen molar-refractivity contribution in [2.45, 2.75) is 6.54 Å². The summed E-state index contributed by atoms with van der Waals surface area (Å²) in [4.78, 5) is 17.3. The predicted molar refractivity (Wildman–Crippen MR) is 102 cm³/mol. The number of hydrogen-bond acceptors (Lipinski definition) is 5. The monoisotopic (exact) mass is 384 g/mol. The van der Waals surface area contributed by atoms with Gasteiger partial charge in [0.05, 0.1) is 24.8 Å². The quantitative estimate of drug-likeness (QED) is 0.305. The van der Waals surface area contributed by atoms with Crippen LogP contribution in [0.4, 0.5) is 0 Å². The van der Waals surface area contributed by atoms with Crippen molar-refractivity contribution in [3.05, 3.63) is 82.6 Å². The highest BCUT2D eigenvalue weighted by Crippen LogP contribution is 2.22. The van der Waals surface area contributed by atoms with Crippen LogP contribution in [0.15, 0.2) is 66.1 Å². The van der Waals surface area contributed by atoms with Crippen molar-refractivity contribution in [2.75, 3.05) is 7.11 Å². The van der Waals surface area contributed by atoms with E-state index in [1.807, 2.05) is 18.3 Å². The third-order valence-electron chi connectivity index (χ3n) is 3.73. The Kier molecular flexibility index (Phi) is 5.73. The lowest BCUT2D eigenvalue weighted by Gasteiger charge is -2.08. The molecular weight excluding hydrogens is 368 g/mol. The van der Waals surface area contributed by atoms with E-state index >= 15 is 0 Å². The molecule has 3 rings (SSSR count). The molecule has 0 fully saturated rings. The molecule has 0 bridgehead atoms. The van der Waals surface area contributed by atoms with Crippen LogP contribution < -0.4 is 10.5 Å². The molecule has 7 nitrogen and oxygen atoms in total. The van der Waals surface area contributed by atoms with E-state index in [1.54, 1.807) is 47.3 Å². The first-order valence-corrected chi connectivity index (χ1v) is 8.39. The second-order valence-corrected chi connectivity index (χ2v) is 6.04. The van der Waals surface area contributed by atoms with E-state index in [2.05, 4.69) is 10.3 Å². The lowest BCUT2D eigenvalue weighted by Crippen LogP contribution is -2.16. The molecule has 0 atom stereocenters. The fraction of sp³-hybridized carbons (Fsp3) is 0.105. The molecule has 3 aromatic rings. The Morgan fingerprint density at radius 1 is 1.26 bits per heavy atom. The van der Waals surface area contributed by atoms with Crippen LogP contribution in [0.25, 0.3) is 0 Å². The van der Waals surface area contributed by atoms with Gasteiger partial charge in [-0.1, -0.05) is 28.9 Å². The van der Waals surface area contributed by atoms with Gasteiger partial charge in [-0.3, -0.25) is 4.68 Å². The Balaban J connectivity index is 1.73. The third kappa shape index (κ3) is 4.65. The number of amidine groups is 1. The molecule has 138 valence electrons. The first-order valence-electron chi connectivity index (χ1n) is 8.02. The van der Waals surface area contributed by atoms with Crippen molar-refractivity contribution in [3.63, 3.8) is 0 Å². The summed E-state index contributed by atoms with van der Waals surface area (Å²) in [5.74, 6) is -0.172. The molecule has 27 heavy (non-hydrogen) atoms. The molecule has 0 spiro atoms. The number of rotatable bonds is 6. The summed E-state index contributed by atoms with van der Waals surface area (Å²) >= 11 is 5.97. The maximum atomic E-state index is 12.3. The summed E-state index contributed by atoms with van der Waals surface area (Å²) in [5, 5.41) is 8.32. The van der Waals surface area contributed by atoms with Gasteiger partial charge >= 0.3 is 5.97 Å². The van der Waals surface area contributed by atoms with Crippen LogP contribution in [-0.4, -0.2) is 28.7 Å². The molecule has 0 aliphatic rings. The normalized spacial score (nSPS) is 11.3. The molecule has 2 N–H and O–H groups in total. The largest absolute Gasteiger partial charge is 0.496 e. The Labute approximate surface area is 160 Å². The van der Waals surface area contributed by atoms with Crippen LogP contribution in [0, 0.1) is 0 Å². The maximum absolute atomic E-state index is 12.3. The van der Waals surface area contributed by atoms with Gasteiger partial charge in [-0.15, -0.1) is 0 Å². The molecule has 8 heteroatoms. The fourth-order valence-corrected chi connectivity index (χ4v) is 2.62. The van der Waals surface area contributed by atoms with Crippen molar-refractivity contribution in [2.24, 2.45) is 10.9 Å². The number of carbonyl (C=O) groups is 1. The SMILES string of the molecule is COc1ccc(Cl)cc1/C(N)=N/OC(=O)c1cccc(Cn2cccn2)c1. The molecule has 0 unspecified atom stereocenters. The van der Waals surface area contributed by atoms with E-state index in [-0.39, 0.29) is 5.84 Å². The van der Waals surface area contributed by atoms with E-state index in [0.717, 1.165) is 5.56 Å². The van der Waals surface area contributed by atoms with Crippen molar-refractivity contribution in [3.8, 4) is 5.75 Å². The first kappa shape index (κ1) is 18.5. The Hall–Kier alpha value is -3.32. The smallest absolute Gasteiger partial charge is 0.365 e. The zero-order valence-corrected chi connectivity index (χ0v) is 15.3. The molecule has 0 saturated carbocycles. The highest BCUT2D eigenvalue weighted by molar-refractivity contribution is 6.31. The Morgan fingerprint density at radius 3 is 2.85 bits per heavy atom. The number of oxime groups is 1. The van der Waals surface area contributed by atoms with E-state index in [9.17, 15) is 4.79 Å². The maximum Gasteiger partial charge on any atom is 0.365 e. The number of halogens is 1. The second-order valence-electron chi connectivity index (χ2n) is 5.60. The topological polar surface area (TPSA) is 91.7 Å². The van der Waals surface area contributed by atoms with Crippen molar-refractivity contribution in [1.29, 1.82) is 0 Å². The van der Waals surface area contributed by atoms with Crippen molar-refractivity contribution < 1.29 is 14.4 Å². The number of methoxy groups -OCH3 is 1. The fourth-order valence-electron chi connectivity index (χ4n) is 2.45. The van der Waals surface area contributed by atoms with Gasteiger partial charge < -0.3 is 15.3 Å². The van der Waals surface area contributed by atoms with Crippen LogP contribution >= 0.6 is 11.6 Å². The minimum atomic E-state index is -0.624. The molecule has 1 heterocycles. The van der Waals surface area contributed by atoms with Crippen molar-refractivity contribution >= 4 is 23.4 Å². The highest BCUT2D eigenvalue weighted by Gasteiger charge is 2.12. The van der Waals surface area contributed by atoms with E-state index in [4.69, 9.17) is 26.9 Å². The molecule has 1 aromatic heterocycles. The number of carbonyl (C=O) groups excluding carboxylic acids is 1. The zero-order chi connectivity index (χ0) is 19.2. The summed E-state index contributed by atoms with van der Waals surface area (Å²) < 4.78 is 6.97. The average molecular weight is 385 g/mol. The third-order valence-corrected chi connectivity index (χ3v) is 3.97. The Morgan fingerprint density at radius 2 is 2.11 bits per heavy atom. The van der Waals surface area contributed by atoms with Gasteiger partial charge in [-0.25, -0.2) is 4.79 Å². The van der Waals surface area contributed by atoms with Crippen molar-refractivity contribution in [1.82, 2.24) is 9.78 Å². The van der Waals surface area contributed by atoms with E-state index in [1.165, 1.54) is 7.11 Å². The molecule has 0 saturated heterocycles. The predicted octanol–water partition coefficient (Wildman–Crippen LogP) is 3.07. The van der Waals surface area contributed by atoms with Gasteiger partial charge in [-0.05, 0) is 42.0 Å². The van der Waals surface area contributed by atoms with Gasteiger partial charge in [0.1, 0.15) is 5.75 Å². The van der Waals surface area contributed by atoms with Crippen LogP contribution in [0.5, 0.6) is 5.75 Å². The van der Waals surface area contributed by atoms with Gasteiger partial charge in [0.2, 0.25) is 0 Å². The summed E-state index contributed by atoms with van der Waals surface area (Å²) in [5.41, 5.74) is 7.60. The van der Waals surface area contributed by atoms with Gasteiger partial charge in [-0.2, -0.15) is 5.10 Å². The summed E-state index contributed by atoms with van der Waals surface area (Å²) in [7, 11) is 1.50. The number of aromatic nitrogens is 2. The molecule has 0 radical (unpaired) electrons. The van der Waals surface area contributed by atoms with Crippen LogP contribution in [0.2, 0.25) is 5.02 Å². The van der Waals surface area contributed by atoms with E-state index in [0.29, 0.717) is 28.4 Å². The Bertz CT molecular complexity index is 971. The summed E-state index contributed by atoms with van der Waals surface area (Å²) in [6, 6.07) is 13.7. The van der Waals surface area contributed by atoms with E-state index < -0.39 is 5.97 Å². The number of ether oxygens (including phenoxy) is 1. The molecule has 0 aliphatic heterocycles. The van der Waals surface area contributed by atoms with Crippen LogP contribution in [0.3, 0.4) is 0 Å². The number of nitrogens with zero attached hydrogens (tertiary/aromatic N) is 3. The number of hydrogen-bond donors (Lipinski definition) is 1. The lowest BCUT2D eigenvalue weighted by atomic mass is 10.1. The molecule has 0 aliphatic carbocycles. The van der Waals surface area contributed by atoms with Gasteiger partial charge in [0.15, 0.2) is 5.84 Å². The van der Waals surface area contributed by atoms with Crippen LogP contribution in [-0.2, 0) is 11.4 Å². The summed E-state index contributed by atoms with van der Waals surface area (Å²) in [6.07, 6.45) is 3.54. The standard InChI is InChI=1S/C19H17ClN4O3/c1-26-17-7-6-15(20)11-16(17)18(21)23-27-19(25)14-5-2-4-13(10-14)12-24-9-3-8-22-24/h2-11H,12H2,1H3,(H2,21,23). The van der Waals surface area contributed by atoms with Gasteiger partial charge in [0.25, 0.3) is 0 Å². The van der Waals surface area contributed by atoms with Gasteiger partial charge in [0, 0.05) is 17.4 Å². The lowest BCUT2D eigenvalue weighted by molar-refractivity contribution is 0.0516. The first-order chi connectivity index (χ1) is 13.1. The molecule has 0 amide bonds. The molecular formula is C19H17ClN4O3. The second kappa shape index (κ2) is 8.37. The number of nitrogens with two attached hydrogens (primary N) is 1. The number of benzene rings is 2. The summed E-state index contributed by atoms with van der Waals surface area (Å²) in [6.45, 7) is 0.541. The minimum absolute atomic E-state index is 0.0182.